The van der Waals surface area contributed by atoms with Crippen LogP contribution in [0.1, 0.15) is 25.5 Å². The fraction of sp³-hybridized carbons (Fsp3) is 0.385. The van der Waals surface area contributed by atoms with Gasteiger partial charge in [-0.25, -0.2) is 9.97 Å². The fourth-order valence-electron chi connectivity index (χ4n) is 1.66. The van der Waals surface area contributed by atoms with Gasteiger partial charge in [0, 0.05) is 6.20 Å². The maximum atomic E-state index is 11.5. The minimum atomic E-state index is -0.171. The molecule has 7 heteroatoms. The van der Waals surface area contributed by atoms with E-state index < -0.39 is 0 Å². The first-order chi connectivity index (χ1) is 9.62. The van der Waals surface area contributed by atoms with Crippen LogP contribution in [0, 0.1) is 0 Å². The molecule has 1 aromatic rings. The number of allylic oxidation sites excluding steroid dienone is 1. The van der Waals surface area contributed by atoms with Gasteiger partial charge in [-0.15, -0.1) is 0 Å². The Hall–Kier alpha value is -1.73. The molecule has 0 spiro atoms. The molecule has 1 aliphatic heterocycles. The van der Waals surface area contributed by atoms with Crippen LogP contribution in [0.4, 0.5) is 5.95 Å². The quantitative estimate of drug-likeness (QED) is 0.623. The average Bonchev–Trinajstić information content (AvgIpc) is 2.74. The summed E-state index contributed by atoms with van der Waals surface area (Å²) >= 11 is 0.949. The lowest BCUT2D eigenvalue weighted by atomic mass is 10.2. The molecular weight excluding hydrogens is 278 g/mol. The molecule has 0 radical (unpaired) electrons. The first-order valence-electron chi connectivity index (χ1n) is 6.28. The summed E-state index contributed by atoms with van der Waals surface area (Å²) in [6, 6.07) is 1.55. The van der Waals surface area contributed by atoms with Crippen molar-refractivity contribution in [3.8, 4) is 0 Å². The summed E-state index contributed by atoms with van der Waals surface area (Å²) in [5, 5.41) is 12.0. The Balaban J connectivity index is 2.16. The van der Waals surface area contributed by atoms with Crippen molar-refractivity contribution in [2.45, 2.75) is 25.8 Å². The number of aliphatic hydroxyl groups excluding tert-OH is 1. The van der Waals surface area contributed by atoms with Gasteiger partial charge in [-0.3, -0.25) is 9.59 Å². The van der Waals surface area contributed by atoms with Crippen molar-refractivity contribution < 1.29 is 14.7 Å². The molecule has 20 heavy (non-hydrogen) atoms. The second-order valence-corrected chi connectivity index (χ2v) is 5.42. The summed E-state index contributed by atoms with van der Waals surface area (Å²) in [6.07, 6.45) is 3.85. The highest BCUT2D eigenvalue weighted by atomic mass is 32.2. The van der Waals surface area contributed by atoms with Crippen molar-refractivity contribution in [3.05, 3.63) is 22.9 Å². The lowest BCUT2D eigenvalue weighted by Gasteiger charge is -2.13. The molecule has 1 saturated heterocycles. The second kappa shape index (κ2) is 6.62. The summed E-state index contributed by atoms with van der Waals surface area (Å²) in [6.45, 7) is 1.94. The second-order valence-electron chi connectivity index (χ2n) is 4.32. The number of thioether (sulfide) groups is 1. The number of ketones is 1. The number of hydrogen-bond donors (Lipinski definition) is 2. The summed E-state index contributed by atoms with van der Waals surface area (Å²) in [4.78, 5) is 31.4. The number of Topliss-reactive ketones (excluding diaryl/α,β-unsaturated/α-hetero) is 1. The van der Waals surface area contributed by atoms with Crippen LogP contribution in [0.15, 0.2) is 17.2 Å². The molecule has 0 aromatic carbocycles. The van der Waals surface area contributed by atoms with Crippen LogP contribution >= 0.6 is 11.8 Å². The van der Waals surface area contributed by atoms with Crippen LogP contribution in [0.3, 0.4) is 0 Å². The van der Waals surface area contributed by atoms with Crippen molar-refractivity contribution in [3.63, 3.8) is 0 Å². The number of nitrogens with zero attached hydrogens (tertiary/aromatic N) is 2. The van der Waals surface area contributed by atoms with Crippen molar-refractivity contribution >= 4 is 34.7 Å². The van der Waals surface area contributed by atoms with Gasteiger partial charge in [-0.2, -0.15) is 0 Å². The summed E-state index contributed by atoms with van der Waals surface area (Å²) < 4.78 is 0. The van der Waals surface area contributed by atoms with E-state index in [1.54, 1.807) is 18.3 Å². The molecule has 1 aromatic heterocycles. The molecule has 6 nitrogen and oxygen atoms in total. The zero-order valence-corrected chi connectivity index (χ0v) is 11.8. The van der Waals surface area contributed by atoms with E-state index in [0.29, 0.717) is 16.5 Å². The fourth-order valence-corrected chi connectivity index (χ4v) is 2.47. The third-order valence-electron chi connectivity index (χ3n) is 2.81. The van der Waals surface area contributed by atoms with Gasteiger partial charge in [0.1, 0.15) is 0 Å². The molecule has 0 saturated carbocycles. The lowest BCUT2D eigenvalue weighted by Crippen LogP contribution is -2.23. The van der Waals surface area contributed by atoms with Gasteiger partial charge in [0.2, 0.25) is 11.1 Å². The number of carbonyl (C=O) groups is 2. The number of nitrogens with one attached hydrogen (secondary N) is 1. The van der Waals surface area contributed by atoms with E-state index in [2.05, 4.69) is 15.3 Å². The molecule has 1 aliphatic rings. The maximum Gasteiger partial charge on any atom is 0.223 e. The van der Waals surface area contributed by atoms with E-state index in [0.717, 1.165) is 18.2 Å². The molecule has 2 N–H and O–H groups in total. The molecule has 0 unspecified atom stereocenters. The number of rotatable bonds is 5. The van der Waals surface area contributed by atoms with Crippen LogP contribution in [0.2, 0.25) is 0 Å². The lowest BCUT2D eigenvalue weighted by molar-refractivity contribution is -0.119. The Kier molecular flexibility index (Phi) is 4.86. The van der Waals surface area contributed by atoms with E-state index in [1.807, 2.05) is 6.92 Å². The Bertz CT molecular complexity index is 556. The average molecular weight is 293 g/mol. The third kappa shape index (κ3) is 3.64. The number of aromatic nitrogens is 2. The highest BCUT2D eigenvalue weighted by Gasteiger charge is 2.25. The third-order valence-corrected chi connectivity index (χ3v) is 3.74. The molecule has 2 rings (SSSR count). The molecule has 2 heterocycles. The Morgan fingerprint density at radius 1 is 1.55 bits per heavy atom. The van der Waals surface area contributed by atoms with E-state index >= 15 is 0 Å². The van der Waals surface area contributed by atoms with E-state index in [9.17, 15) is 9.59 Å². The van der Waals surface area contributed by atoms with Crippen LogP contribution in [-0.2, 0) is 9.59 Å². The van der Waals surface area contributed by atoms with Crippen molar-refractivity contribution in [1.29, 1.82) is 0 Å². The van der Waals surface area contributed by atoms with E-state index in [-0.39, 0.29) is 30.0 Å². The van der Waals surface area contributed by atoms with E-state index in [1.165, 1.54) is 0 Å². The van der Waals surface area contributed by atoms with Gasteiger partial charge >= 0.3 is 0 Å². The summed E-state index contributed by atoms with van der Waals surface area (Å²) in [5.74, 6) is 0.219. The molecule has 1 fully saturated rings. The van der Waals surface area contributed by atoms with Gasteiger partial charge < -0.3 is 10.4 Å². The SMILES string of the molecule is CC[C@@H](CO)Nc1nccc(/C=C2\SC(=O)CC2=O)n1. The molecule has 0 aliphatic carbocycles. The normalized spacial score (nSPS) is 18.6. The standard InChI is InChI=1S/C13H15N3O3S/c1-2-8(7-17)15-13-14-4-3-9(16-13)5-11-10(18)6-12(19)20-11/h3-5,8,17H,2,6-7H2,1H3,(H,14,15,16)/b11-5-/t8-/m0/s1. The van der Waals surface area contributed by atoms with Gasteiger partial charge in [0.15, 0.2) is 5.78 Å². The Labute approximate surface area is 120 Å². The smallest absolute Gasteiger partial charge is 0.223 e. The highest BCUT2D eigenvalue weighted by Crippen LogP contribution is 2.30. The minimum Gasteiger partial charge on any atom is -0.394 e. The van der Waals surface area contributed by atoms with Gasteiger partial charge in [0.05, 0.1) is 29.7 Å². The molecule has 0 amide bonds. The highest BCUT2D eigenvalue weighted by molar-refractivity contribution is 8.18. The van der Waals surface area contributed by atoms with Crippen LogP contribution in [0.25, 0.3) is 6.08 Å². The maximum absolute atomic E-state index is 11.5. The molecule has 106 valence electrons. The topological polar surface area (TPSA) is 92.2 Å². The zero-order valence-electron chi connectivity index (χ0n) is 11.0. The Morgan fingerprint density at radius 2 is 2.35 bits per heavy atom. The van der Waals surface area contributed by atoms with Gasteiger partial charge in [0.25, 0.3) is 0 Å². The van der Waals surface area contributed by atoms with E-state index in [4.69, 9.17) is 5.11 Å². The van der Waals surface area contributed by atoms with Crippen LogP contribution < -0.4 is 5.32 Å². The van der Waals surface area contributed by atoms with Crippen molar-refractivity contribution in [2.75, 3.05) is 11.9 Å². The Morgan fingerprint density at radius 3 is 2.95 bits per heavy atom. The minimum absolute atomic E-state index is 0.00594. The first kappa shape index (κ1) is 14.7. The number of aliphatic hydroxyl groups is 1. The number of carbonyl (C=O) groups excluding carboxylic acids is 2. The monoisotopic (exact) mass is 293 g/mol. The summed E-state index contributed by atoms with van der Waals surface area (Å²) in [7, 11) is 0. The van der Waals surface area contributed by atoms with Gasteiger partial charge in [-0.1, -0.05) is 6.92 Å². The van der Waals surface area contributed by atoms with Crippen molar-refractivity contribution in [1.82, 2.24) is 9.97 Å². The largest absolute Gasteiger partial charge is 0.394 e. The van der Waals surface area contributed by atoms with Crippen LogP contribution in [0.5, 0.6) is 0 Å². The predicted molar refractivity (Wildman–Crippen MR) is 77.0 cm³/mol. The molecular formula is C13H15N3O3S. The predicted octanol–water partition coefficient (Wildman–Crippen LogP) is 1.23. The first-order valence-corrected chi connectivity index (χ1v) is 7.10. The van der Waals surface area contributed by atoms with Gasteiger partial charge in [-0.05, 0) is 30.3 Å². The van der Waals surface area contributed by atoms with Crippen LogP contribution in [-0.4, -0.2) is 38.6 Å². The van der Waals surface area contributed by atoms with Crippen molar-refractivity contribution in [2.24, 2.45) is 0 Å². The summed E-state index contributed by atoms with van der Waals surface area (Å²) in [5.41, 5.74) is 0.556. The molecule has 1 atom stereocenters. The zero-order chi connectivity index (χ0) is 14.5. The number of anilines is 1. The molecule has 0 bridgehead atoms. The number of hydrogen-bond acceptors (Lipinski definition) is 7.